The Kier molecular flexibility index (Phi) is 9.63. The van der Waals surface area contributed by atoms with Gasteiger partial charge in [0.25, 0.3) is 0 Å². The highest BCUT2D eigenvalue weighted by atomic mass is 32.1. The first-order valence-electron chi connectivity index (χ1n) is 5.86. The first-order valence-corrected chi connectivity index (χ1v) is 6.27. The minimum Gasteiger partial charge on any atom is -0.393 e. The van der Waals surface area contributed by atoms with E-state index in [-0.39, 0.29) is 6.10 Å². The summed E-state index contributed by atoms with van der Waals surface area (Å²) in [4.78, 5) is 1.14. The van der Waals surface area contributed by atoms with Crippen molar-refractivity contribution >= 4 is 17.1 Å². The molecule has 0 rings (SSSR count). The Hall–Kier alpha value is 0.0500. The molecule has 0 aliphatic carbocycles. The molecular weight excluding hydrogens is 192 g/mol. The van der Waals surface area contributed by atoms with Crippen LogP contribution in [-0.2, 0) is 0 Å². The Labute approximate surface area is 93.9 Å². The maximum absolute atomic E-state index is 9.08. The van der Waals surface area contributed by atoms with Gasteiger partial charge in [0, 0.05) is 0 Å². The second kappa shape index (κ2) is 9.60. The van der Waals surface area contributed by atoms with Gasteiger partial charge in [-0.3, -0.25) is 0 Å². The normalized spacial score (nSPS) is 12.8. The second-order valence-corrected chi connectivity index (χ2v) is 4.67. The molecule has 1 atom stereocenters. The van der Waals surface area contributed by atoms with Gasteiger partial charge in [-0.1, -0.05) is 44.8 Å². The fraction of sp³-hybridized carbons (Fsp3) is 0.917. The van der Waals surface area contributed by atoms with Crippen LogP contribution in [0.2, 0.25) is 0 Å². The molecule has 0 aliphatic rings. The SMILES string of the molecule is CCCCCCCC(=S)CCC(C)O. The van der Waals surface area contributed by atoms with E-state index in [2.05, 4.69) is 6.92 Å². The van der Waals surface area contributed by atoms with Crippen molar-refractivity contribution < 1.29 is 5.11 Å². The van der Waals surface area contributed by atoms with E-state index in [1.54, 1.807) is 0 Å². The summed E-state index contributed by atoms with van der Waals surface area (Å²) in [6.45, 7) is 4.05. The molecule has 1 unspecified atom stereocenters. The number of rotatable bonds is 9. The van der Waals surface area contributed by atoms with E-state index in [9.17, 15) is 0 Å². The zero-order valence-corrected chi connectivity index (χ0v) is 10.4. The molecule has 1 nitrogen and oxygen atoms in total. The fourth-order valence-corrected chi connectivity index (χ4v) is 1.68. The predicted octanol–water partition coefficient (Wildman–Crippen LogP) is 3.88. The molecule has 0 amide bonds. The van der Waals surface area contributed by atoms with Crippen molar-refractivity contribution in [2.45, 2.75) is 71.3 Å². The van der Waals surface area contributed by atoms with Gasteiger partial charge in [-0.25, -0.2) is 0 Å². The molecule has 0 radical (unpaired) electrons. The average Bonchev–Trinajstić information content (AvgIpc) is 2.14. The minimum absolute atomic E-state index is 0.201. The van der Waals surface area contributed by atoms with Gasteiger partial charge in [0.2, 0.25) is 0 Å². The summed E-state index contributed by atoms with van der Waals surface area (Å²) in [5.74, 6) is 0. The van der Waals surface area contributed by atoms with Crippen molar-refractivity contribution in [3.05, 3.63) is 0 Å². The number of aliphatic hydroxyl groups is 1. The lowest BCUT2D eigenvalue weighted by Gasteiger charge is -2.05. The summed E-state index contributed by atoms with van der Waals surface area (Å²) in [7, 11) is 0. The maximum Gasteiger partial charge on any atom is 0.0515 e. The highest BCUT2D eigenvalue weighted by Crippen LogP contribution is 2.09. The van der Waals surface area contributed by atoms with E-state index in [1.165, 1.54) is 32.1 Å². The maximum atomic E-state index is 9.08. The van der Waals surface area contributed by atoms with Crippen LogP contribution < -0.4 is 0 Å². The van der Waals surface area contributed by atoms with Crippen molar-refractivity contribution in [3.63, 3.8) is 0 Å². The summed E-state index contributed by atoms with van der Waals surface area (Å²) in [6.07, 6.45) is 9.15. The van der Waals surface area contributed by atoms with E-state index in [0.29, 0.717) is 0 Å². The van der Waals surface area contributed by atoms with E-state index in [0.717, 1.165) is 24.1 Å². The Morgan fingerprint density at radius 2 is 1.79 bits per heavy atom. The summed E-state index contributed by atoms with van der Waals surface area (Å²) in [5.41, 5.74) is 0. The van der Waals surface area contributed by atoms with E-state index in [1.807, 2.05) is 6.92 Å². The number of aliphatic hydroxyl groups excluding tert-OH is 1. The van der Waals surface area contributed by atoms with Crippen LogP contribution in [0, 0.1) is 0 Å². The largest absolute Gasteiger partial charge is 0.393 e. The number of unbranched alkanes of at least 4 members (excludes halogenated alkanes) is 4. The summed E-state index contributed by atoms with van der Waals surface area (Å²) < 4.78 is 0. The standard InChI is InChI=1S/C12H24OS/c1-3-4-5-6-7-8-12(14)10-9-11(2)13/h11,13H,3-10H2,1-2H3. The highest BCUT2D eigenvalue weighted by Gasteiger charge is 2.00. The molecular formula is C12H24OS. The molecule has 0 aromatic carbocycles. The molecule has 0 aliphatic heterocycles. The molecule has 1 N–H and O–H groups in total. The third-order valence-electron chi connectivity index (χ3n) is 2.40. The number of thiocarbonyl (C=S) groups is 1. The molecule has 0 spiro atoms. The van der Waals surface area contributed by atoms with Crippen molar-refractivity contribution in [1.82, 2.24) is 0 Å². The third kappa shape index (κ3) is 10.1. The minimum atomic E-state index is -0.201. The zero-order chi connectivity index (χ0) is 10.8. The quantitative estimate of drug-likeness (QED) is 0.466. The van der Waals surface area contributed by atoms with Crippen LogP contribution in [0.3, 0.4) is 0 Å². The monoisotopic (exact) mass is 216 g/mol. The van der Waals surface area contributed by atoms with Gasteiger partial charge in [0.05, 0.1) is 6.10 Å². The van der Waals surface area contributed by atoms with Crippen LogP contribution >= 0.6 is 12.2 Å². The molecule has 0 aromatic rings. The molecule has 2 heteroatoms. The molecule has 0 bridgehead atoms. The van der Waals surface area contributed by atoms with Gasteiger partial charge in [-0.2, -0.15) is 0 Å². The molecule has 0 fully saturated rings. The van der Waals surface area contributed by atoms with Crippen LogP contribution in [0.4, 0.5) is 0 Å². The third-order valence-corrected chi connectivity index (χ3v) is 2.81. The zero-order valence-electron chi connectivity index (χ0n) is 9.59. The second-order valence-electron chi connectivity index (χ2n) is 4.09. The molecule has 84 valence electrons. The lowest BCUT2D eigenvalue weighted by molar-refractivity contribution is 0.187. The van der Waals surface area contributed by atoms with Gasteiger partial charge >= 0.3 is 0 Å². The Bertz CT molecular complexity index is 143. The molecule has 0 aromatic heterocycles. The van der Waals surface area contributed by atoms with Crippen molar-refractivity contribution in [3.8, 4) is 0 Å². The van der Waals surface area contributed by atoms with Crippen LogP contribution in [0.25, 0.3) is 0 Å². The highest BCUT2D eigenvalue weighted by molar-refractivity contribution is 7.80. The fourth-order valence-electron chi connectivity index (χ4n) is 1.42. The first kappa shape index (κ1) is 14.1. The molecule has 14 heavy (non-hydrogen) atoms. The van der Waals surface area contributed by atoms with Crippen molar-refractivity contribution in [1.29, 1.82) is 0 Å². The van der Waals surface area contributed by atoms with Gasteiger partial charge in [-0.05, 0) is 37.5 Å². The first-order chi connectivity index (χ1) is 6.66. The van der Waals surface area contributed by atoms with Crippen LogP contribution in [0.1, 0.15) is 65.2 Å². The van der Waals surface area contributed by atoms with Crippen LogP contribution in [0.5, 0.6) is 0 Å². The summed E-state index contributed by atoms with van der Waals surface area (Å²) >= 11 is 5.24. The number of hydrogen-bond acceptors (Lipinski definition) is 2. The van der Waals surface area contributed by atoms with Gasteiger partial charge in [0.15, 0.2) is 0 Å². The van der Waals surface area contributed by atoms with Crippen LogP contribution in [0.15, 0.2) is 0 Å². The summed E-state index contributed by atoms with van der Waals surface area (Å²) in [6, 6.07) is 0. The number of hydrogen-bond donors (Lipinski definition) is 1. The Morgan fingerprint density at radius 1 is 1.14 bits per heavy atom. The van der Waals surface area contributed by atoms with Crippen molar-refractivity contribution in [2.75, 3.05) is 0 Å². The van der Waals surface area contributed by atoms with E-state index < -0.39 is 0 Å². The Morgan fingerprint density at radius 3 is 2.36 bits per heavy atom. The average molecular weight is 216 g/mol. The van der Waals surface area contributed by atoms with Gasteiger partial charge in [0.1, 0.15) is 0 Å². The summed E-state index contributed by atoms with van der Waals surface area (Å²) in [5, 5.41) is 9.08. The lowest BCUT2D eigenvalue weighted by atomic mass is 10.1. The van der Waals surface area contributed by atoms with E-state index >= 15 is 0 Å². The topological polar surface area (TPSA) is 20.2 Å². The van der Waals surface area contributed by atoms with Gasteiger partial charge < -0.3 is 5.11 Å². The van der Waals surface area contributed by atoms with Crippen molar-refractivity contribution in [2.24, 2.45) is 0 Å². The van der Waals surface area contributed by atoms with Crippen LogP contribution in [-0.4, -0.2) is 16.1 Å². The molecule has 0 saturated heterocycles. The lowest BCUT2D eigenvalue weighted by Crippen LogP contribution is -2.03. The predicted molar refractivity (Wildman–Crippen MR) is 66.9 cm³/mol. The molecule has 0 heterocycles. The Balaban J connectivity index is 3.18. The molecule has 0 saturated carbocycles. The van der Waals surface area contributed by atoms with Gasteiger partial charge in [-0.15, -0.1) is 0 Å². The smallest absolute Gasteiger partial charge is 0.0515 e. The van der Waals surface area contributed by atoms with E-state index in [4.69, 9.17) is 17.3 Å².